The number of amides is 1. The summed E-state index contributed by atoms with van der Waals surface area (Å²) >= 11 is 5.07. The number of carbonyl (C=O) groups excluding carboxylic acids is 1. The first kappa shape index (κ1) is 17.0. The van der Waals surface area contributed by atoms with E-state index in [0.717, 1.165) is 17.3 Å². The second-order valence-electron chi connectivity index (χ2n) is 5.35. The molecule has 0 radical (unpaired) electrons. The lowest BCUT2D eigenvalue weighted by Crippen LogP contribution is -2.47. The highest BCUT2D eigenvalue weighted by Crippen LogP contribution is 2.24. The van der Waals surface area contributed by atoms with Gasteiger partial charge in [-0.3, -0.25) is 15.6 Å². The molecule has 1 amide bonds. The SMILES string of the molecule is CN(C)CCNC(=S)NNC(=O)c1cc2ccccc2cc1O. The first-order valence-corrected chi connectivity index (χ1v) is 7.59. The van der Waals surface area contributed by atoms with E-state index in [1.807, 2.05) is 43.3 Å². The molecule has 0 aliphatic heterocycles. The number of aromatic hydroxyl groups is 1. The van der Waals surface area contributed by atoms with Crippen molar-refractivity contribution in [2.75, 3.05) is 27.2 Å². The molecule has 7 heteroatoms. The summed E-state index contributed by atoms with van der Waals surface area (Å²) in [5.74, 6) is -0.528. The fourth-order valence-corrected chi connectivity index (χ4v) is 2.18. The fourth-order valence-electron chi connectivity index (χ4n) is 2.03. The topological polar surface area (TPSA) is 76.6 Å². The lowest BCUT2D eigenvalue weighted by atomic mass is 10.1. The molecule has 0 spiro atoms. The lowest BCUT2D eigenvalue weighted by Gasteiger charge is -2.14. The Morgan fingerprint density at radius 3 is 2.48 bits per heavy atom. The molecule has 0 atom stereocenters. The zero-order valence-corrected chi connectivity index (χ0v) is 13.9. The standard InChI is InChI=1S/C16H20N4O2S/c1-20(2)8-7-17-16(23)19-18-15(22)13-9-11-5-3-4-6-12(11)10-14(13)21/h3-6,9-10,21H,7-8H2,1-2H3,(H,18,22)(H2,17,19,23). The minimum Gasteiger partial charge on any atom is -0.507 e. The van der Waals surface area contributed by atoms with Crippen LogP contribution in [0.5, 0.6) is 5.75 Å². The number of rotatable bonds is 4. The minimum absolute atomic E-state index is 0.0746. The third-order valence-corrected chi connectivity index (χ3v) is 3.49. The van der Waals surface area contributed by atoms with Crippen LogP contribution in [-0.2, 0) is 0 Å². The molecule has 0 aliphatic rings. The molecule has 0 unspecified atom stereocenters. The second-order valence-corrected chi connectivity index (χ2v) is 5.76. The van der Waals surface area contributed by atoms with Gasteiger partial charge in [-0.15, -0.1) is 0 Å². The number of phenols is 1. The number of phenolic OH excluding ortho intramolecular Hbond substituents is 1. The molecule has 0 saturated carbocycles. The molecule has 0 fully saturated rings. The van der Waals surface area contributed by atoms with Gasteiger partial charge in [-0.05, 0) is 49.2 Å². The van der Waals surface area contributed by atoms with E-state index < -0.39 is 5.91 Å². The molecule has 2 aromatic carbocycles. The number of carbonyl (C=O) groups is 1. The maximum atomic E-state index is 12.2. The number of hydrazine groups is 1. The molecule has 2 aromatic rings. The smallest absolute Gasteiger partial charge is 0.273 e. The van der Waals surface area contributed by atoms with Crippen LogP contribution < -0.4 is 16.2 Å². The van der Waals surface area contributed by atoms with E-state index in [-0.39, 0.29) is 11.3 Å². The van der Waals surface area contributed by atoms with Crippen LogP contribution in [0.3, 0.4) is 0 Å². The van der Waals surface area contributed by atoms with Crippen LogP contribution in [0.15, 0.2) is 36.4 Å². The Morgan fingerprint density at radius 2 is 1.83 bits per heavy atom. The summed E-state index contributed by atoms with van der Waals surface area (Å²) in [6, 6.07) is 10.7. The normalized spacial score (nSPS) is 10.6. The van der Waals surface area contributed by atoms with Crippen LogP contribution in [0, 0.1) is 0 Å². The van der Waals surface area contributed by atoms with Crippen molar-refractivity contribution in [1.29, 1.82) is 0 Å². The van der Waals surface area contributed by atoms with Crippen molar-refractivity contribution in [3.05, 3.63) is 42.0 Å². The molecule has 6 nitrogen and oxygen atoms in total. The van der Waals surface area contributed by atoms with Crippen LogP contribution in [0.4, 0.5) is 0 Å². The van der Waals surface area contributed by atoms with Gasteiger partial charge >= 0.3 is 0 Å². The zero-order chi connectivity index (χ0) is 16.8. The lowest BCUT2D eigenvalue weighted by molar-refractivity contribution is 0.0941. The summed E-state index contributed by atoms with van der Waals surface area (Å²) in [6.45, 7) is 1.48. The Morgan fingerprint density at radius 1 is 1.17 bits per heavy atom. The van der Waals surface area contributed by atoms with Crippen molar-refractivity contribution >= 4 is 34.0 Å². The summed E-state index contributed by atoms with van der Waals surface area (Å²) < 4.78 is 0. The van der Waals surface area contributed by atoms with Gasteiger partial charge in [-0.1, -0.05) is 24.3 Å². The third-order valence-electron chi connectivity index (χ3n) is 3.24. The Bertz CT molecular complexity index is 718. The monoisotopic (exact) mass is 332 g/mol. The third kappa shape index (κ3) is 4.80. The van der Waals surface area contributed by atoms with Crippen LogP contribution in [0.25, 0.3) is 10.8 Å². The summed E-state index contributed by atoms with van der Waals surface area (Å²) in [7, 11) is 3.92. The Balaban J connectivity index is 1.95. The van der Waals surface area contributed by atoms with Gasteiger partial charge in [0.25, 0.3) is 5.91 Å². The van der Waals surface area contributed by atoms with Crippen molar-refractivity contribution in [2.45, 2.75) is 0 Å². The molecule has 4 N–H and O–H groups in total. The molecule has 0 aromatic heterocycles. The highest BCUT2D eigenvalue weighted by molar-refractivity contribution is 7.80. The Kier molecular flexibility index (Phi) is 5.72. The Labute approximate surface area is 140 Å². The van der Waals surface area contributed by atoms with E-state index in [2.05, 4.69) is 16.2 Å². The summed E-state index contributed by atoms with van der Waals surface area (Å²) in [4.78, 5) is 14.2. The molecule has 0 aliphatic carbocycles. The first-order chi connectivity index (χ1) is 11.0. The number of benzene rings is 2. The number of hydrogen-bond acceptors (Lipinski definition) is 4. The number of nitrogens with one attached hydrogen (secondary N) is 3. The van der Waals surface area contributed by atoms with Gasteiger partial charge in [0.1, 0.15) is 5.75 Å². The minimum atomic E-state index is -0.454. The van der Waals surface area contributed by atoms with Gasteiger partial charge in [0.2, 0.25) is 0 Å². The second kappa shape index (κ2) is 7.75. The predicted molar refractivity (Wildman–Crippen MR) is 95.4 cm³/mol. The van der Waals surface area contributed by atoms with Gasteiger partial charge in [-0.2, -0.15) is 0 Å². The van der Waals surface area contributed by atoms with Crippen molar-refractivity contribution in [3.63, 3.8) is 0 Å². The predicted octanol–water partition coefficient (Wildman–Crippen LogP) is 1.22. The molecule has 0 saturated heterocycles. The average Bonchev–Trinajstić information content (AvgIpc) is 2.51. The van der Waals surface area contributed by atoms with Crippen molar-refractivity contribution in [1.82, 2.24) is 21.1 Å². The van der Waals surface area contributed by atoms with Crippen LogP contribution in [0.2, 0.25) is 0 Å². The van der Waals surface area contributed by atoms with E-state index in [1.54, 1.807) is 12.1 Å². The molecular weight excluding hydrogens is 312 g/mol. The van der Waals surface area contributed by atoms with E-state index >= 15 is 0 Å². The van der Waals surface area contributed by atoms with Crippen molar-refractivity contribution in [2.24, 2.45) is 0 Å². The fraction of sp³-hybridized carbons (Fsp3) is 0.250. The maximum absolute atomic E-state index is 12.2. The number of thiocarbonyl (C=S) groups is 1. The van der Waals surface area contributed by atoms with Gasteiger partial charge in [0, 0.05) is 13.1 Å². The molecular formula is C16H20N4O2S. The first-order valence-electron chi connectivity index (χ1n) is 7.18. The number of fused-ring (bicyclic) bond motifs is 1. The van der Waals surface area contributed by atoms with Gasteiger partial charge in [0.05, 0.1) is 5.56 Å². The summed E-state index contributed by atoms with van der Waals surface area (Å²) in [5.41, 5.74) is 5.28. The molecule has 0 bridgehead atoms. The van der Waals surface area contributed by atoms with E-state index in [0.29, 0.717) is 11.7 Å². The molecule has 0 heterocycles. The van der Waals surface area contributed by atoms with Crippen LogP contribution in [-0.4, -0.2) is 48.2 Å². The van der Waals surface area contributed by atoms with E-state index in [1.165, 1.54) is 0 Å². The van der Waals surface area contributed by atoms with E-state index in [4.69, 9.17) is 12.2 Å². The summed E-state index contributed by atoms with van der Waals surface area (Å²) in [5, 5.41) is 15.0. The van der Waals surface area contributed by atoms with Crippen LogP contribution >= 0.6 is 12.2 Å². The largest absolute Gasteiger partial charge is 0.507 e. The molecule has 23 heavy (non-hydrogen) atoms. The van der Waals surface area contributed by atoms with Gasteiger partial charge in [-0.25, -0.2) is 0 Å². The van der Waals surface area contributed by atoms with Crippen molar-refractivity contribution in [3.8, 4) is 5.75 Å². The highest BCUT2D eigenvalue weighted by atomic mass is 32.1. The van der Waals surface area contributed by atoms with Crippen molar-refractivity contribution < 1.29 is 9.90 Å². The van der Waals surface area contributed by atoms with Gasteiger partial charge in [0.15, 0.2) is 5.11 Å². The molecule has 122 valence electrons. The quantitative estimate of drug-likeness (QED) is 0.498. The van der Waals surface area contributed by atoms with E-state index in [9.17, 15) is 9.90 Å². The summed E-state index contributed by atoms with van der Waals surface area (Å²) in [6.07, 6.45) is 0. The number of likely N-dealkylation sites (N-methyl/N-ethyl adjacent to an activating group) is 1. The zero-order valence-electron chi connectivity index (χ0n) is 13.1. The molecule has 2 rings (SSSR count). The highest BCUT2D eigenvalue weighted by Gasteiger charge is 2.12. The Hall–Kier alpha value is -2.38. The van der Waals surface area contributed by atoms with Gasteiger partial charge < -0.3 is 15.3 Å². The average molecular weight is 332 g/mol. The maximum Gasteiger partial charge on any atom is 0.273 e. The number of nitrogens with zero attached hydrogens (tertiary/aromatic N) is 1. The number of hydrogen-bond donors (Lipinski definition) is 4. The van der Waals surface area contributed by atoms with Crippen LogP contribution in [0.1, 0.15) is 10.4 Å².